The molecule has 0 radical (unpaired) electrons. The molecular weight excluding hydrogens is 285 g/mol. The molecule has 1 saturated heterocycles. The second kappa shape index (κ2) is 5.37. The predicted octanol–water partition coefficient (Wildman–Crippen LogP) is 0.273. The lowest BCUT2D eigenvalue weighted by molar-refractivity contribution is -0.119. The summed E-state index contributed by atoms with van der Waals surface area (Å²) in [4.78, 5) is 11.0. The minimum atomic E-state index is -3.78. The standard InChI is InChI=1S/C12H16FN3O3S/c1-7-4-9(13)10(14)5-11(7)20(18,19)15-6-8-2-3-12(17)16-8/h4-5,8,15H,2-3,6,14H2,1H3,(H,16,17). The van der Waals surface area contributed by atoms with Crippen LogP contribution in [0.4, 0.5) is 10.1 Å². The zero-order valence-corrected chi connectivity index (χ0v) is 11.8. The summed E-state index contributed by atoms with van der Waals surface area (Å²) in [5.74, 6) is -0.735. The Morgan fingerprint density at radius 1 is 1.50 bits per heavy atom. The topological polar surface area (TPSA) is 101 Å². The molecule has 2 rings (SSSR count). The Balaban J connectivity index is 2.14. The van der Waals surface area contributed by atoms with Crippen molar-refractivity contribution in [3.63, 3.8) is 0 Å². The monoisotopic (exact) mass is 301 g/mol. The molecule has 0 aromatic heterocycles. The quantitative estimate of drug-likeness (QED) is 0.695. The van der Waals surface area contributed by atoms with Crippen LogP contribution in [0.5, 0.6) is 0 Å². The van der Waals surface area contributed by atoms with Gasteiger partial charge in [-0.25, -0.2) is 17.5 Å². The first-order valence-corrected chi connectivity index (χ1v) is 7.62. The van der Waals surface area contributed by atoms with Crippen LogP contribution in [-0.4, -0.2) is 26.9 Å². The van der Waals surface area contributed by atoms with Gasteiger partial charge in [-0.2, -0.15) is 0 Å². The van der Waals surface area contributed by atoms with Crippen molar-refractivity contribution in [2.24, 2.45) is 0 Å². The zero-order valence-electron chi connectivity index (χ0n) is 10.9. The number of rotatable bonds is 4. The number of nitrogens with one attached hydrogen (secondary N) is 2. The van der Waals surface area contributed by atoms with Crippen LogP contribution in [0.25, 0.3) is 0 Å². The third kappa shape index (κ3) is 3.07. The van der Waals surface area contributed by atoms with Crippen molar-refractivity contribution in [2.75, 3.05) is 12.3 Å². The summed E-state index contributed by atoms with van der Waals surface area (Å²) in [6, 6.07) is 1.97. The van der Waals surface area contributed by atoms with Crippen molar-refractivity contribution in [1.29, 1.82) is 0 Å². The number of halogens is 1. The van der Waals surface area contributed by atoms with Gasteiger partial charge in [-0.15, -0.1) is 0 Å². The Labute approximate surface area is 116 Å². The molecular formula is C12H16FN3O3S. The highest BCUT2D eigenvalue weighted by Crippen LogP contribution is 2.21. The molecule has 1 aromatic rings. The van der Waals surface area contributed by atoms with Gasteiger partial charge in [0, 0.05) is 19.0 Å². The normalized spacial score (nSPS) is 19.1. The molecule has 1 aliphatic heterocycles. The number of carbonyl (C=O) groups excluding carboxylic acids is 1. The van der Waals surface area contributed by atoms with E-state index in [1.165, 1.54) is 6.92 Å². The van der Waals surface area contributed by atoms with Gasteiger partial charge in [0.25, 0.3) is 0 Å². The second-order valence-electron chi connectivity index (χ2n) is 4.79. The maximum absolute atomic E-state index is 13.2. The highest BCUT2D eigenvalue weighted by molar-refractivity contribution is 7.89. The third-order valence-electron chi connectivity index (χ3n) is 3.19. The summed E-state index contributed by atoms with van der Waals surface area (Å²) in [6.45, 7) is 1.60. The lowest BCUT2D eigenvalue weighted by atomic mass is 10.2. The van der Waals surface area contributed by atoms with E-state index in [1.54, 1.807) is 0 Å². The fourth-order valence-corrected chi connectivity index (χ4v) is 3.42. The first-order valence-electron chi connectivity index (χ1n) is 6.14. The van der Waals surface area contributed by atoms with Gasteiger partial charge in [0.2, 0.25) is 15.9 Å². The minimum Gasteiger partial charge on any atom is -0.396 e. The molecule has 0 bridgehead atoms. The molecule has 0 saturated carbocycles. The fraction of sp³-hybridized carbons (Fsp3) is 0.417. The van der Waals surface area contributed by atoms with Crippen LogP contribution < -0.4 is 15.8 Å². The summed E-state index contributed by atoms with van der Waals surface area (Å²) in [5.41, 5.74) is 5.46. The van der Waals surface area contributed by atoms with Crippen LogP contribution in [0.3, 0.4) is 0 Å². The number of benzene rings is 1. The van der Waals surface area contributed by atoms with E-state index < -0.39 is 15.8 Å². The summed E-state index contributed by atoms with van der Waals surface area (Å²) in [5, 5.41) is 2.66. The third-order valence-corrected chi connectivity index (χ3v) is 4.75. The molecule has 1 aromatic carbocycles. The maximum atomic E-state index is 13.2. The molecule has 1 amide bonds. The van der Waals surface area contributed by atoms with E-state index >= 15 is 0 Å². The number of amides is 1. The summed E-state index contributed by atoms with van der Waals surface area (Å²) >= 11 is 0. The van der Waals surface area contributed by atoms with Gasteiger partial charge in [-0.05, 0) is 31.0 Å². The molecule has 110 valence electrons. The number of aryl methyl sites for hydroxylation is 1. The van der Waals surface area contributed by atoms with Crippen molar-refractivity contribution in [3.05, 3.63) is 23.5 Å². The Bertz CT molecular complexity index is 646. The number of sulfonamides is 1. The van der Waals surface area contributed by atoms with Crippen molar-refractivity contribution in [3.8, 4) is 0 Å². The van der Waals surface area contributed by atoms with Gasteiger partial charge in [-0.3, -0.25) is 4.79 Å². The summed E-state index contributed by atoms with van der Waals surface area (Å²) in [7, 11) is -3.78. The van der Waals surface area contributed by atoms with Gasteiger partial charge in [0.1, 0.15) is 5.82 Å². The van der Waals surface area contributed by atoms with Gasteiger partial charge in [0.05, 0.1) is 10.6 Å². The molecule has 6 nitrogen and oxygen atoms in total. The van der Waals surface area contributed by atoms with Crippen LogP contribution in [0.2, 0.25) is 0 Å². The van der Waals surface area contributed by atoms with Crippen LogP contribution in [0.15, 0.2) is 17.0 Å². The molecule has 1 heterocycles. The van der Waals surface area contributed by atoms with Crippen LogP contribution in [0, 0.1) is 12.7 Å². The van der Waals surface area contributed by atoms with E-state index in [-0.39, 0.29) is 34.6 Å². The molecule has 1 fully saturated rings. The highest BCUT2D eigenvalue weighted by atomic mass is 32.2. The largest absolute Gasteiger partial charge is 0.396 e. The lowest BCUT2D eigenvalue weighted by Crippen LogP contribution is -2.38. The molecule has 0 spiro atoms. The SMILES string of the molecule is Cc1cc(F)c(N)cc1S(=O)(=O)NCC1CCC(=O)N1. The molecule has 1 unspecified atom stereocenters. The number of hydrogen-bond donors (Lipinski definition) is 3. The van der Waals surface area contributed by atoms with Crippen molar-refractivity contribution < 1.29 is 17.6 Å². The molecule has 0 aliphatic carbocycles. The highest BCUT2D eigenvalue weighted by Gasteiger charge is 2.24. The van der Waals surface area contributed by atoms with Gasteiger partial charge >= 0.3 is 0 Å². The second-order valence-corrected chi connectivity index (χ2v) is 6.53. The molecule has 8 heteroatoms. The molecule has 4 N–H and O–H groups in total. The Morgan fingerprint density at radius 3 is 2.80 bits per heavy atom. The molecule has 20 heavy (non-hydrogen) atoms. The van der Waals surface area contributed by atoms with Crippen molar-refractivity contribution in [1.82, 2.24) is 10.0 Å². The van der Waals surface area contributed by atoms with E-state index in [0.29, 0.717) is 12.8 Å². The zero-order chi connectivity index (χ0) is 14.9. The Kier molecular flexibility index (Phi) is 3.96. The van der Waals surface area contributed by atoms with Gasteiger partial charge < -0.3 is 11.1 Å². The first kappa shape index (κ1) is 14.7. The van der Waals surface area contributed by atoms with E-state index in [2.05, 4.69) is 10.0 Å². The van der Waals surface area contributed by atoms with Gasteiger partial charge in [-0.1, -0.05) is 0 Å². The molecule has 1 aliphatic rings. The maximum Gasteiger partial charge on any atom is 0.240 e. The van der Waals surface area contributed by atoms with E-state index in [4.69, 9.17) is 5.73 Å². The van der Waals surface area contributed by atoms with Crippen molar-refractivity contribution in [2.45, 2.75) is 30.7 Å². The number of anilines is 1. The lowest BCUT2D eigenvalue weighted by Gasteiger charge is -2.13. The fourth-order valence-electron chi connectivity index (χ4n) is 2.08. The number of nitrogen functional groups attached to an aromatic ring is 1. The van der Waals surface area contributed by atoms with Crippen LogP contribution in [-0.2, 0) is 14.8 Å². The van der Waals surface area contributed by atoms with E-state index in [0.717, 1.165) is 12.1 Å². The number of hydrogen-bond acceptors (Lipinski definition) is 4. The van der Waals surface area contributed by atoms with Crippen LogP contribution >= 0.6 is 0 Å². The smallest absolute Gasteiger partial charge is 0.240 e. The summed E-state index contributed by atoms with van der Waals surface area (Å²) in [6.07, 6.45) is 0.987. The van der Waals surface area contributed by atoms with Gasteiger partial charge in [0.15, 0.2) is 0 Å². The minimum absolute atomic E-state index is 0.0549. The average Bonchev–Trinajstić information content (AvgIpc) is 2.77. The number of nitrogens with two attached hydrogens (primary N) is 1. The molecule has 1 atom stereocenters. The van der Waals surface area contributed by atoms with E-state index in [1.807, 2.05) is 0 Å². The van der Waals surface area contributed by atoms with Crippen molar-refractivity contribution >= 4 is 21.6 Å². The number of carbonyl (C=O) groups is 1. The predicted molar refractivity (Wildman–Crippen MR) is 71.9 cm³/mol. The summed E-state index contributed by atoms with van der Waals surface area (Å²) < 4.78 is 39.9. The Morgan fingerprint density at radius 2 is 2.20 bits per heavy atom. The van der Waals surface area contributed by atoms with Crippen LogP contribution in [0.1, 0.15) is 18.4 Å². The van der Waals surface area contributed by atoms with E-state index in [9.17, 15) is 17.6 Å². The average molecular weight is 301 g/mol. The first-order chi connectivity index (χ1) is 9.29. The Hall–Kier alpha value is -1.67.